The SMILES string of the molecule is CNc1ccc(C2CCN(SCCOCCO)CC2)cc1.O=CN1Cc2ccc(F)cc2C1. The van der Waals surface area contributed by atoms with Crippen LogP contribution in [0, 0.1) is 5.82 Å². The van der Waals surface area contributed by atoms with E-state index in [1.54, 1.807) is 11.0 Å². The van der Waals surface area contributed by atoms with Crippen molar-refractivity contribution < 1.29 is 19.0 Å². The molecule has 2 heterocycles. The number of ether oxygens (including phenoxy) is 1. The largest absolute Gasteiger partial charge is 0.394 e. The van der Waals surface area contributed by atoms with Gasteiger partial charge in [-0.25, -0.2) is 4.39 Å². The highest BCUT2D eigenvalue weighted by Crippen LogP contribution is 2.31. The van der Waals surface area contributed by atoms with Crippen molar-refractivity contribution in [3.05, 3.63) is 65.0 Å². The predicted octanol–water partition coefficient (Wildman–Crippen LogP) is 3.86. The Morgan fingerprint density at radius 1 is 1.12 bits per heavy atom. The van der Waals surface area contributed by atoms with Crippen LogP contribution < -0.4 is 5.32 Å². The summed E-state index contributed by atoms with van der Waals surface area (Å²) in [5.74, 6) is 1.43. The Morgan fingerprint density at radius 2 is 1.85 bits per heavy atom. The molecule has 180 valence electrons. The molecule has 1 amide bonds. The van der Waals surface area contributed by atoms with E-state index in [0.29, 0.717) is 25.6 Å². The van der Waals surface area contributed by atoms with Gasteiger partial charge in [0, 0.05) is 44.7 Å². The van der Waals surface area contributed by atoms with Gasteiger partial charge in [0.05, 0.1) is 19.8 Å². The minimum Gasteiger partial charge on any atom is -0.394 e. The number of halogens is 1. The van der Waals surface area contributed by atoms with Crippen LogP contribution in [0.4, 0.5) is 10.1 Å². The number of rotatable bonds is 9. The highest BCUT2D eigenvalue weighted by Gasteiger charge is 2.20. The van der Waals surface area contributed by atoms with Crippen LogP contribution in [0.1, 0.15) is 35.4 Å². The van der Waals surface area contributed by atoms with Gasteiger partial charge in [0.1, 0.15) is 5.82 Å². The van der Waals surface area contributed by atoms with E-state index < -0.39 is 0 Å². The maximum Gasteiger partial charge on any atom is 0.210 e. The molecular formula is C25H34FN3O3S. The summed E-state index contributed by atoms with van der Waals surface area (Å²) < 4.78 is 20.4. The first-order chi connectivity index (χ1) is 16.1. The first kappa shape index (κ1) is 25.5. The third kappa shape index (κ3) is 7.99. The zero-order valence-corrected chi connectivity index (χ0v) is 20.0. The number of nitrogens with zero attached hydrogens (tertiary/aromatic N) is 2. The number of carbonyl (C=O) groups is 1. The van der Waals surface area contributed by atoms with Crippen molar-refractivity contribution in [2.45, 2.75) is 31.8 Å². The van der Waals surface area contributed by atoms with Crippen molar-refractivity contribution in [3.8, 4) is 0 Å². The maximum atomic E-state index is 12.7. The molecule has 4 rings (SSSR count). The van der Waals surface area contributed by atoms with Gasteiger partial charge in [-0.2, -0.15) is 0 Å². The number of hydrogen-bond acceptors (Lipinski definition) is 6. The van der Waals surface area contributed by atoms with E-state index in [2.05, 4.69) is 33.9 Å². The van der Waals surface area contributed by atoms with Gasteiger partial charge in [-0.15, -0.1) is 0 Å². The second-order valence-corrected chi connectivity index (χ2v) is 9.35. The number of nitrogens with one attached hydrogen (secondary N) is 1. The molecule has 2 aromatic rings. The maximum absolute atomic E-state index is 12.7. The minimum atomic E-state index is -0.235. The van der Waals surface area contributed by atoms with Crippen LogP contribution in [-0.4, -0.2) is 66.4 Å². The lowest BCUT2D eigenvalue weighted by molar-refractivity contribution is -0.118. The lowest BCUT2D eigenvalue weighted by Crippen LogP contribution is -2.28. The average Bonchev–Trinajstić information content (AvgIpc) is 3.27. The molecule has 0 aromatic heterocycles. The smallest absolute Gasteiger partial charge is 0.210 e. The number of anilines is 1. The molecule has 1 fully saturated rings. The molecule has 0 atom stereocenters. The monoisotopic (exact) mass is 475 g/mol. The van der Waals surface area contributed by atoms with Gasteiger partial charge in [0.25, 0.3) is 0 Å². The molecule has 0 bridgehead atoms. The van der Waals surface area contributed by atoms with E-state index >= 15 is 0 Å². The van der Waals surface area contributed by atoms with Crippen LogP contribution in [0.5, 0.6) is 0 Å². The molecule has 2 N–H and O–H groups in total. The highest BCUT2D eigenvalue weighted by atomic mass is 32.2. The Morgan fingerprint density at radius 3 is 2.52 bits per heavy atom. The molecular weight excluding hydrogens is 441 g/mol. The summed E-state index contributed by atoms with van der Waals surface area (Å²) in [5.41, 5.74) is 4.60. The number of fused-ring (bicyclic) bond motifs is 1. The van der Waals surface area contributed by atoms with Gasteiger partial charge >= 0.3 is 0 Å². The van der Waals surface area contributed by atoms with E-state index in [0.717, 1.165) is 43.0 Å². The van der Waals surface area contributed by atoms with Crippen molar-refractivity contribution in [1.29, 1.82) is 0 Å². The number of piperidine rings is 1. The lowest BCUT2D eigenvalue weighted by Gasteiger charge is -2.31. The van der Waals surface area contributed by atoms with Crippen LogP contribution >= 0.6 is 11.9 Å². The quantitative estimate of drug-likeness (QED) is 0.326. The van der Waals surface area contributed by atoms with Gasteiger partial charge in [0.15, 0.2) is 0 Å². The zero-order chi connectivity index (χ0) is 23.5. The van der Waals surface area contributed by atoms with Crippen LogP contribution in [0.15, 0.2) is 42.5 Å². The van der Waals surface area contributed by atoms with Crippen molar-refractivity contribution in [1.82, 2.24) is 9.21 Å². The van der Waals surface area contributed by atoms with Crippen molar-refractivity contribution in [3.63, 3.8) is 0 Å². The standard InChI is InChI=1S/C16H26N2O2S.C9H8FNO/c1-17-16-4-2-14(3-5-16)15-6-8-18(9-7-15)21-13-12-20-11-10-19;10-9-2-1-7-4-11(6-12)5-8(7)3-9/h2-5,15,17,19H,6-13H2,1H3;1-3,6H,4-5H2. The lowest BCUT2D eigenvalue weighted by atomic mass is 9.90. The number of carbonyl (C=O) groups excluding carboxylic acids is 1. The molecule has 2 aliphatic rings. The first-order valence-corrected chi connectivity index (χ1v) is 12.4. The average molecular weight is 476 g/mol. The summed E-state index contributed by atoms with van der Waals surface area (Å²) >= 11 is 1.87. The second-order valence-electron chi connectivity index (χ2n) is 8.17. The summed E-state index contributed by atoms with van der Waals surface area (Å²) in [6.07, 6.45) is 3.24. The Labute approximate surface area is 200 Å². The Balaban J connectivity index is 0.000000215. The molecule has 1 saturated heterocycles. The fourth-order valence-electron chi connectivity index (χ4n) is 4.10. The first-order valence-electron chi connectivity index (χ1n) is 11.4. The molecule has 8 heteroatoms. The normalized spacial score (nSPS) is 16.2. The molecule has 0 unspecified atom stereocenters. The zero-order valence-electron chi connectivity index (χ0n) is 19.2. The number of aliphatic hydroxyl groups is 1. The molecule has 33 heavy (non-hydrogen) atoms. The molecule has 2 aliphatic heterocycles. The summed E-state index contributed by atoms with van der Waals surface area (Å²) in [5, 5.41) is 11.8. The van der Waals surface area contributed by atoms with Gasteiger partial charge in [0.2, 0.25) is 6.41 Å². The Kier molecular flexibility index (Phi) is 10.5. The van der Waals surface area contributed by atoms with Gasteiger partial charge in [-0.1, -0.05) is 30.1 Å². The third-order valence-corrected chi connectivity index (χ3v) is 7.01. The summed E-state index contributed by atoms with van der Waals surface area (Å²) in [4.78, 5) is 12.0. The summed E-state index contributed by atoms with van der Waals surface area (Å²) in [6.45, 7) is 4.71. The van der Waals surface area contributed by atoms with E-state index in [1.807, 2.05) is 19.0 Å². The topological polar surface area (TPSA) is 65.0 Å². The number of amides is 1. The number of aliphatic hydroxyl groups excluding tert-OH is 1. The van der Waals surface area contributed by atoms with Crippen LogP contribution in [-0.2, 0) is 22.6 Å². The Hall–Kier alpha value is -2.13. The van der Waals surface area contributed by atoms with Crippen LogP contribution in [0.25, 0.3) is 0 Å². The highest BCUT2D eigenvalue weighted by molar-refractivity contribution is 7.97. The van der Waals surface area contributed by atoms with Gasteiger partial charge in [-0.05, 0) is 59.7 Å². The third-order valence-electron chi connectivity index (χ3n) is 5.93. The van der Waals surface area contributed by atoms with Crippen molar-refractivity contribution >= 4 is 24.0 Å². The van der Waals surface area contributed by atoms with E-state index in [-0.39, 0.29) is 12.4 Å². The summed E-state index contributed by atoms with van der Waals surface area (Å²) in [7, 11) is 1.95. The summed E-state index contributed by atoms with van der Waals surface area (Å²) in [6, 6.07) is 13.5. The van der Waals surface area contributed by atoms with Crippen LogP contribution in [0.2, 0.25) is 0 Å². The van der Waals surface area contributed by atoms with Crippen molar-refractivity contribution in [2.24, 2.45) is 0 Å². The fraction of sp³-hybridized carbons (Fsp3) is 0.480. The van der Waals surface area contributed by atoms with Crippen LogP contribution in [0.3, 0.4) is 0 Å². The van der Waals surface area contributed by atoms with Gasteiger partial charge in [-0.3, -0.25) is 9.10 Å². The van der Waals surface area contributed by atoms with E-state index in [1.165, 1.54) is 36.2 Å². The van der Waals surface area contributed by atoms with Crippen molar-refractivity contribution in [2.75, 3.05) is 51.0 Å². The molecule has 0 radical (unpaired) electrons. The molecule has 0 aliphatic carbocycles. The van der Waals surface area contributed by atoms with Gasteiger partial charge < -0.3 is 20.1 Å². The van der Waals surface area contributed by atoms with E-state index in [9.17, 15) is 9.18 Å². The number of benzene rings is 2. The molecule has 2 aromatic carbocycles. The molecule has 6 nitrogen and oxygen atoms in total. The molecule has 0 saturated carbocycles. The molecule has 0 spiro atoms. The Bertz CT molecular complexity index is 860. The predicted molar refractivity (Wildman–Crippen MR) is 132 cm³/mol. The second kappa shape index (κ2) is 13.5. The fourth-order valence-corrected chi connectivity index (χ4v) is 5.02. The van der Waals surface area contributed by atoms with E-state index in [4.69, 9.17) is 9.84 Å². The number of hydrogen-bond donors (Lipinski definition) is 2. The minimum absolute atomic E-state index is 0.113.